The zero-order valence-corrected chi connectivity index (χ0v) is 10.9. The van der Waals surface area contributed by atoms with Gasteiger partial charge in [0.15, 0.2) is 18.2 Å². The van der Waals surface area contributed by atoms with Crippen LogP contribution in [0.1, 0.15) is 13.3 Å². The molecule has 0 aliphatic rings. The quantitative estimate of drug-likeness (QED) is 0.629. The number of nitrogens with one attached hydrogen (secondary N) is 1. The van der Waals surface area contributed by atoms with Crippen LogP contribution in [0.25, 0.3) is 0 Å². The molecule has 21 heavy (non-hydrogen) atoms. The van der Waals surface area contributed by atoms with Crippen molar-refractivity contribution in [1.29, 1.82) is 0 Å². The van der Waals surface area contributed by atoms with Gasteiger partial charge in [0.1, 0.15) is 12.7 Å². The number of hydrogen-bond donors (Lipinski definition) is 1. The molecule has 0 aliphatic heterocycles. The summed E-state index contributed by atoms with van der Waals surface area (Å²) in [5.74, 6) is -2.17. The molecule has 0 saturated heterocycles. The largest absolute Gasteiger partial charge is 0.479 e. The zero-order chi connectivity index (χ0) is 15.9. The van der Waals surface area contributed by atoms with Crippen molar-refractivity contribution in [1.82, 2.24) is 9.97 Å². The van der Waals surface area contributed by atoms with Gasteiger partial charge in [0.05, 0.1) is 12.8 Å². The van der Waals surface area contributed by atoms with Gasteiger partial charge in [-0.15, -0.1) is 0 Å². The van der Waals surface area contributed by atoms with Gasteiger partial charge < -0.3 is 14.8 Å². The third kappa shape index (κ3) is 6.54. The number of aromatic nitrogens is 2. The normalized spacial score (nSPS) is 10.9. The van der Waals surface area contributed by atoms with Crippen molar-refractivity contribution in [3.05, 3.63) is 12.5 Å². The predicted octanol–water partition coefficient (Wildman–Crippen LogP) is 1.31. The number of carbonyl (C=O) groups is 2. The molecule has 7 nitrogen and oxygen atoms in total. The van der Waals surface area contributed by atoms with Gasteiger partial charge >= 0.3 is 12.1 Å². The molecule has 0 atom stereocenters. The standard InChI is InChI=1S/C11H12F3N3O4/c1-2-20-9(19)3-8(18)17-10-7(4-15-6-16-10)21-5-11(12,13)14/h4,6H,2-3,5H2,1H3,(H,15,16,17,18). The van der Waals surface area contributed by atoms with Crippen molar-refractivity contribution in [3.63, 3.8) is 0 Å². The molecule has 0 aliphatic carbocycles. The molecule has 1 amide bonds. The Balaban J connectivity index is 2.66. The number of rotatable bonds is 6. The minimum Gasteiger partial charge on any atom is -0.479 e. The number of ether oxygens (including phenoxy) is 2. The maximum absolute atomic E-state index is 12.1. The number of esters is 1. The number of halogens is 3. The van der Waals surface area contributed by atoms with Gasteiger partial charge in [-0.1, -0.05) is 0 Å². The van der Waals surface area contributed by atoms with E-state index in [1.165, 1.54) is 0 Å². The van der Waals surface area contributed by atoms with Crippen LogP contribution in [0.2, 0.25) is 0 Å². The number of nitrogens with zero attached hydrogens (tertiary/aromatic N) is 2. The van der Waals surface area contributed by atoms with Crippen LogP contribution in [0.15, 0.2) is 12.5 Å². The second-order valence-electron chi connectivity index (χ2n) is 3.67. The molecular formula is C11H12F3N3O4. The SMILES string of the molecule is CCOC(=O)CC(=O)Nc1ncncc1OCC(F)(F)F. The summed E-state index contributed by atoms with van der Waals surface area (Å²) in [6.07, 6.45) is -3.14. The van der Waals surface area contributed by atoms with Crippen LogP contribution < -0.4 is 10.1 Å². The van der Waals surface area contributed by atoms with E-state index in [9.17, 15) is 22.8 Å². The Hall–Kier alpha value is -2.39. The minimum atomic E-state index is -4.54. The Kier molecular flexibility index (Phi) is 5.88. The second-order valence-corrected chi connectivity index (χ2v) is 3.67. The van der Waals surface area contributed by atoms with Crippen LogP contribution >= 0.6 is 0 Å². The van der Waals surface area contributed by atoms with Crippen LogP contribution in [0.4, 0.5) is 19.0 Å². The van der Waals surface area contributed by atoms with Gasteiger partial charge in [-0.05, 0) is 6.92 Å². The number of amides is 1. The molecule has 0 unspecified atom stereocenters. The van der Waals surface area contributed by atoms with E-state index in [-0.39, 0.29) is 18.2 Å². The van der Waals surface area contributed by atoms with Gasteiger partial charge in [-0.3, -0.25) is 9.59 Å². The fourth-order valence-electron chi connectivity index (χ4n) is 1.20. The highest BCUT2D eigenvalue weighted by Gasteiger charge is 2.29. The van der Waals surface area contributed by atoms with Crippen LogP contribution in [0, 0.1) is 0 Å². The summed E-state index contributed by atoms with van der Waals surface area (Å²) >= 11 is 0. The van der Waals surface area contributed by atoms with Gasteiger partial charge in [-0.2, -0.15) is 13.2 Å². The van der Waals surface area contributed by atoms with Crippen LogP contribution in [0.3, 0.4) is 0 Å². The first-order valence-electron chi connectivity index (χ1n) is 5.77. The molecule has 0 fully saturated rings. The van der Waals surface area contributed by atoms with E-state index >= 15 is 0 Å². The maximum atomic E-state index is 12.1. The van der Waals surface area contributed by atoms with Crippen molar-refractivity contribution < 1.29 is 32.2 Å². The highest BCUT2D eigenvalue weighted by Crippen LogP contribution is 2.23. The van der Waals surface area contributed by atoms with E-state index in [2.05, 4.69) is 24.8 Å². The molecule has 1 heterocycles. The lowest BCUT2D eigenvalue weighted by Crippen LogP contribution is -2.22. The van der Waals surface area contributed by atoms with E-state index in [1.807, 2.05) is 0 Å². The summed E-state index contributed by atoms with van der Waals surface area (Å²) in [4.78, 5) is 29.7. The number of anilines is 1. The van der Waals surface area contributed by atoms with Gasteiger partial charge in [0.2, 0.25) is 5.91 Å². The fraction of sp³-hybridized carbons (Fsp3) is 0.455. The second kappa shape index (κ2) is 7.41. The van der Waals surface area contributed by atoms with E-state index < -0.39 is 31.1 Å². The van der Waals surface area contributed by atoms with Crippen molar-refractivity contribution in [2.45, 2.75) is 19.5 Å². The number of hydrogen-bond acceptors (Lipinski definition) is 6. The van der Waals surface area contributed by atoms with E-state index in [4.69, 9.17) is 0 Å². The minimum absolute atomic E-state index is 0.111. The Morgan fingerprint density at radius 2 is 2.10 bits per heavy atom. The molecule has 0 aromatic carbocycles. The van der Waals surface area contributed by atoms with Crippen LogP contribution in [0.5, 0.6) is 5.75 Å². The topological polar surface area (TPSA) is 90.4 Å². The zero-order valence-electron chi connectivity index (χ0n) is 10.9. The molecule has 0 bridgehead atoms. The monoisotopic (exact) mass is 307 g/mol. The molecule has 0 spiro atoms. The van der Waals surface area contributed by atoms with Gasteiger partial charge in [0.25, 0.3) is 0 Å². The summed E-state index contributed by atoms with van der Waals surface area (Å²) < 4.78 is 45.3. The van der Waals surface area contributed by atoms with Crippen molar-refractivity contribution in [3.8, 4) is 5.75 Å². The summed E-state index contributed by atoms with van der Waals surface area (Å²) in [6, 6.07) is 0. The van der Waals surface area contributed by atoms with E-state index in [0.717, 1.165) is 12.5 Å². The van der Waals surface area contributed by atoms with Gasteiger partial charge in [-0.25, -0.2) is 9.97 Å². The lowest BCUT2D eigenvalue weighted by atomic mass is 10.4. The average Bonchev–Trinajstić information content (AvgIpc) is 2.36. The van der Waals surface area contributed by atoms with Crippen molar-refractivity contribution in [2.75, 3.05) is 18.5 Å². The fourth-order valence-corrected chi connectivity index (χ4v) is 1.20. The molecule has 1 rings (SSSR count). The van der Waals surface area contributed by atoms with Crippen LogP contribution in [-0.4, -0.2) is 41.2 Å². The molecule has 116 valence electrons. The van der Waals surface area contributed by atoms with E-state index in [0.29, 0.717) is 0 Å². The first-order chi connectivity index (χ1) is 9.81. The maximum Gasteiger partial charge on any atom is 0.422 e. The molecule has 1 N–H and O–H groups in total. The Morgan fingerprint density at radius 3 is 2.71 bits per heavy atom. The summed E-state index contributed by atoms with van der Waals surface area (Å²) in [7, 11) is 0. The average molecular weight is 307 g/mol. The van der Waals surface area contributed by atoms with Crippen LogP contribution in [-0.2, 0) is 14.3 Å². The Labute approximate surface area is 117 Å². The molecule has 0 saturated carbocycles. The molecule has 10 heteroatoms. The highest BCUT2D eigenvalue weighted by molar-refractivity contribution is 6.01. The lowest BCUT2D eigenvalue weighted by Gasteiger charge is -2.12. The van der Waals surface area contributed by atoms with Crippen molar-refractivity contribution >= 4 is 17.7 Å². The lowest BCUT2D eigenvalue weighted by molar-refractivity contribution is -0.153. The third-order valence-corrected chi connectivity index (χ3v) is 1.94. The summed E-state index contributed by atoms with van der Waals surface area (Å²) in [5.41, 5.74) is 0. The summed E-state index contributed by atoms with van der Waals surface area (Å²) in [5, 5.41) is 2.15. The molecule has 1 aromatic heterocycles. The van der Waals surface area contributed by atoms with E-state index in [1.54, 1.807) is 6.92 Å². The highest BCUT2D eigenvalue weighted by atomic mass is 19.4. The molecule has 1 aromatic rings. The Morgan fingerprint density at radius 1 is 1.38 bits per heavy atom. The molecule has 0 radical (unpaired) electrons. The number of carbonyl (C=O) groups excluding carboxylic acids is 2. The predicted molar refractivity (Wildman–Crippen MR) is 63.5 cm³/mol. The third-order valence-electron chi connectivity index (χ3n) is 1.94. The summed E-state index contributed by atoms with van der Waals surface area (Å²) in [6.45, 7) is 0.129. The van der Waals surface area contributed by atoms with Gasteiger partial charge in [0, 0.05) is 0 Å². The Bertz CT molecular complexity index is 508. The smallest absolute Gasteiger partial charge is 0.422 e. The first kappa shape index (κ1) is 16.7. The molecular weight excluding hydrogens is 295 g/mol. The number of alkyl halides is 3. The van der Waals surface area contributed by atoms with Crippen molar-refractivity contribution in [2.24, 2.45) is 0 Å². The first-order valence-corrected chi connectivity index (χ1v) is 5.77.